The summed E-state index contributed by atoms with van der Waals surface area (Å²) in [7, 11) is 0. The summed E-state index contributed by atoms with van der Waals surface area (Å²) >= 11 is 0. The van der Waals surface area contributed by atoms with Crippen molar-refractivity contribution >= 4 is 11.9 Å². The van der Waals surface area contributed by atoms with E-state index in [1.165, 1.54) is 0 Å². The minimum Gasteiger partial charge on any atom is -0.481 e. The van der Waals surface area contributed by atoms with E-state index in [1.54, 1.807) is 10.9 Å². The second-order valence-corrected chi connectivity index (χ2v) is 7.08. The fraction of sp³-hybridized carbons (Fsp3) is 0.350. The molecule has 2 N–H and O–H groups in total. The zero-order valence-corrected chi connectivity index (χ0v) is 14.4. The standard InChI is InChI=1S/C20H21N3O3/c1-12(15-5-2-3-6-16(15)23-10-4-9-21-23)22-19(24)17-13-7-8-14(11-13)18(17)20(25)26/h2-10,12-14,17-18H,11H2,1H3,(H,22,24)(H,25,26). The third kappa shape index (κ3) is 2.71. The van der Waals surface area contributed by atoms with E-state index in [2.05, 4.69) is 10.4 Å². The molecule has 1 saturated carbocycles. The number of aliphatic carboxylic acids is 1. The average molecular weight is 351 g/mol. The molecule has 5 atom stereocenters. The zero-order valence-electron chi connectivity index (χ0n) is 14.4. The summed E-state index contributed by atoms with van der Waals surface area (Å²) in [6, 6.07) is 9.35. The Labute approximate surface area is 151 Å². The summed E-state index contributed by atoms with van der Waals surface area (Å²) in [6.45, 7) is 1.92. The van der Waals surface area contributed by atoms with Crippen molar-refractivity contribution in [3.8, 4) is 5.69 Å². The van der Waals surface area contributed by atoms with Gasteiger partial charge in [0.25, 0.3) is 0 Å². The molecule has 0 aliphatic heterocycles. The van der Waals surface area contributed by atoms with E-state index in [0.717, 1.165) is 17.7 Å². The molecule has 6 heteroatoms. The number of carbonyl (C=O) groups excluding carboxylic acids is 1. The lowest BCUT2D eigenvalue weighted by molar-refractivity contribution is -0.148. The van der Waals surface area contributed by atoms with Crippen molar-refractivity contribution in [2.75, 3.05) is 0 Å². The number of para-hydroxylation sites is 1. The molecular formula is C20H21N3O3. The van der Waals surface area contributed by atoms with Crippen molar-refractivity contribution < 1.29 is 14.7 Å². The van der Waals surface area contributed by atoms with Crippen LogP contribution in [0.15, 0.2) is 54.9 Å². The molecule has 134 valence electrons. The van der Waals surface area contributed by atoms with E-state index >= 15 is 0 Å². The number of allylic oxidation sites excluding steroid dienone is 2. The maximum Gasteiger partial charge on any atom is 0.307 e. The number of carboxylic acids is 1. The fourth-order valence-electron chi connectivity index (χ4n) is 4.38. The second-order valence-electron chi connectivity index (χ2n) is 7.08. The lowest BCUT2D eigenvalue weighted by Gasteiger charge is -2.26. The molecule has 1 aromatic carbocycles. The quantitative estimate of drug-likeness (QED) is 0.811. The summed E-state index contributed by atoms with van der Waals surface area (Å²) in [5, 5.41) is 16.9. The second kappa shape index (κ2) is 6.44. The van der Waals surface area contributed by atoms with Gasteiger partial charge in [0.05, 0.1) is 23.6 Å². The maximum atomic E-state index is 12.9. The van der Waals surface area contributed by atoms with Crippen molar-refractivity contribution in [2.45, 2.75) is 19.4 Å². The van der Waals surface area contributed by atoms with E-state index in [1.807, 2.05) is 55.6 Å². The first-order chi connectivity index (χ1) is 12.6. The van der Waals surface area contributed by atoms with Gasteiger partial charge in [-0.05, 0) is 42.9 Å². The highest BCUT2D eigenvalue weighted by molar-refractivity contribution is 5.87. The highest BCUT2D eigenvalue weighted by Crippen LogP contribution is 2.48. The third-order valence-corrected chi connectivity index (χ3v) is 5.56. The van der Waals surface area contributed by atoms with Crippen molar-refractivity contribution in [1.29, 1.82) is 0 Å². The summed E-state index contributed by atoms with van der Waals surface area (Å²) in [6.07, 6.45) is 8.27. The van der Waals surface area contributed by atoms with Gasteiger partial charge in [-0.3, -0.25) is 9.59 Å². The Morgan fingerprint density at radius 2 is 1.92 bits per heavy atom. The monoisotopic (exact) mass is 351 g/mol. The Hall–Kier alpha value is -2.89. The van der Waals surface area contributed by atoms with Gasteiger partial charge in [-0.2, -0.15) is 5.10 Å². The normalized spacial score (nSPS) is 27.4. The largest absolute Gasteiger partial charge is 0.481 e. The first-order valence-corrected chi connectivity index (χ1v) is 8.86. The predicted octanol–water partition coefficient (Wildman–Crippen LogP) is 2.57. The van der Waals surface area contributed by atoms with Crippen LogP contribution in [0.25, 0.3) is 5.69 Å². The van der Waals surface area contributed by atoms with Gasteiger partial charge in [0, 0.05) is 12.4 Å². The van der Waals surface area contributed by atoms with Crippen molar-refractivity contribution in [2.24, 2.45) is 23.7 Å². The van der Waals surface area contributed by atoms with Crippen LogP contribution in [0.2, 0.25) is 0 Å². The van der Waals surface area contributed by atoms with Crippen molar-refractivity contribution in [3.63, 3.8) is 0 Å². The predicted molar refractivity (Wildman–Crippen MR) is 95.5 cm³/mol. The van der Waals surface area contributed by atoms with Crippen LogP contribution in [0.3, 0.4) is 0 Å². The lowest BCUT2D eigenvalue weighted by atomic mass is 9.82. The maximum absolute atomic E-state index is 12.9. The molecule has 0 spiro atoms. The number of benzene rings is 1. The number of nitrogens with one attached hydrogen (secondary N) is 1. The van der Waals surface area contributed by atoms with E-state index in [4.69, 9.17) is 0 Å². The molecule has 2 aliphatic carbocycles. The molecule has 0 radical (unpaired) electrons. The van der Waals surface area contributed by atoms with Gasteiger partial charge < -0.3 is 10.4 Å². The number of amides is 1. The molecule has 2 aromatic rings. The minimum atomic E-state index is -0.883. The van der Waals surface area contributed by atoms with Crippen molar-refractivity contribution in [3.05, 3.63) is 60.4 Å². The first kappa shape index (κ1) is 16.6. The SMILES string of the molecule is CC(NC(=O)C1C2C=CC(C2)C1C(=O)O)c1ccccc1-n1cccn1. The topological polar surface area (TPSA) is 84.2 Å². The van der Waals surface area contributed by atoms with E-state index < -0.39 is 17.8 Å². The van der Waals surface area contributed by atoms with Gasteiger partial charge in [-0.15, -0.1) is 0 Å². The molecule has 4 rings (SSSR count). The number of rotatable bonds is 5. The summed E-state index contributed by atoms with van der Waals surface area (Å²) in [5.74, 6) is -2.20. The highest BCUT2D eigenvalue weighted by Gasteiger charge is 2.51. The Morgan fingerprint density at radius 1 is 1.19 bits per heavy atom. The fourth-order valence-corrected chi connectivity index (χ4v) is 4.38. The van der Waals surface area contributed by atoms with Crippen LogP contribution in [-0.4, -0.2) is 26.8 Å². The van der Waals surface area contributed by atoms with Gasteiger partial charge >= 0.3 is 5.97 Å². The van der Waals surface area contributed by atoms with Gasteiger partial charge in [-0.25, -0.2) is 4.68 Å². The number of fused-ring (bicyclic) bond motifs is 2. The van der Waals surface area contributed by atoms with Gasteiger partial charge in [0.15, 0.2) is 0 Å². The van der Waals surface area contributed by atoms with Crippen LogP contribution in [0.5, 0.6) is 0 Å². The smallest absolute Gasteiger partial charge is 0.307 e. The molecule has 0 saturated heterocycles. The average Bonchev–Trinajstić information content (AvgIpc) is 3.37. The molecular weight excluding hydrogens is 330 g/mol. The number of carbonyl (C=O) groups is 2. The summed E-state index contributed by atoms with van der Waals surface area (Å²) in [5.41, 5.74) is 1.84. The Balaban J connectivity index is 1.56. The van der Waals surface area contributed by atoms with Gasteiger partial charge in [0.2, 0.25) is 5.91 Å². The highest BCUT2D eigenvalue weighted by atomic mass is 16.4. The van der Waals surface area contributed by atoms with Crippen molar-refractivity contribution in [1.82, 2.24) is 15.1 Å². The number of hydrogen-bond acceptors (Lipinski definition) is 3. The molecule has 1 heterocycles. The summed E-state index contributed by atoms with van der Waals surface area (Å²) < 4.78 is 1.76. The summed E-state index contributed by atoms with van der Waals surface area (Å²) in [4.78, 5) is 24.5. The Kier molecular flexibility index (Phi) is 4.11. The molecule has 2 bridgehead atoms. The van der Waals surface area contributed by atoms with Crippen LogP contribution in [0, 0.1) is 23.7 Å². The number of hydrogen-bond donors (Lipinski definition) is 2. The van der Waals surface area contributed by atoms with E-state index in [9.17, 15) is 14.7 Å². The molecule has 5 unspecified atom stereocenters. The van der Waals surface area contributed by atoms with Gasteiger partial charge in [0.1, 0.15) is 0 Å². The minimum absolute atomic E-state index is 0.0228. The number of carboxylic acid groups (broad SMARTS) is 1. The molecule has 26 heavy (non-hydrogen) atoms. The van der Waals surface area contributed by atoms with Crippen LogP contribution in [0.1, 0.15) is 24.9 Å². The first-order valence-electron chi connectivity index (χ1n) is 8.86. The van der Waals surface area contributed by atoms with E-state index in [0.29, 0.717) is 0 Å². The van der Waals surface area contributed by atoms with E-state index in [-0.39, 0.29) is 23.8 Å². The number of nitrogens with zero attached hydrogens (tertiary/aromatic N) is 2. The molecule has 6 nitrogen and oxygen atoms in total. The van der Waals surface area contributed by atoms with Crippen LogP contribution in [-0.2, 0) is 9.59 Å². The lowest BCUT2D eigenvalue weighted by Crippen LogP contribution is -2.41. The van der Waals surface area contributed by atoms with Crippen LogP contribution in [0.4, 0.5) is 0 Å². The zero-order chi connectivity index (χ0) is 18.3. The van der Waals surface area contributed by atoms with Gasteiger partial charge in [-0.1, -0.05) is 30.4 Å². The van der Waals surface area contributed by atoms with Crippen LogP contribution < -0.4 is 5.32 Å². The molecule has 1 amide bonds. The molecule has 1 fully saturated rings. The number of aromatic nitrogens is 2. The third-order valence-electron chi connectivity index (χ3n) is 5.56. The molecule has 2 aliphatic rings. The van der Waals surface area contributed by atoms with Crippen LogP contribution >= 0.6 is 0 Å². The molecule has 1 aromatic heterocycles. The Bertz CT molecular complexity index is 859. The Morgan fingerprint density at radius 3 is 2.62 bits per heavy atom.